The normalized spacial score (nSPS) is 19.4. The predicted octanol–water partition coefficient (Wildman–Crippen LogP) is 6.78. The molecule has 33 heavy (non-hydrogen) atoms. The third-order valence-corrected chi connectivity index (χ3v) is 6.35. The molecule has 2 N–H and O–H groups in total. The zero-order valence-corrected chi connectivity index (χ0v) is 20.7. The molecule has 0 aromatic heterocycles. The average Bonchev–Trinajstić information content (AvgIpc) is 2.75. The van der Waals surface area contributed by atoms with Crippen LogP contribution in [0.25, 0.3) is 0 Å². The van der Waals surface area contributed by atoms with E-state index in [1.807, 2.05) is 25.2 Å². The van der Waals surface area contributed by atoms with Gasteiger partial charge in [0.2, 0.25) is 5.91 Å². The predicted molar refractivity (Wildman–Crippen MR) is 136 cm³/mol. The molecule has 2 rings (SSSR count). The number of amides is 1. The topological polar surface area (TPSA) is 66.4 Å². The van der Waals surface area contributed by atoms with Crippen LogP contribution in [0.2, 0.25) is 0 Å². The van der Waals surface area contributed by atoms with Gasteiger partial charge >= 0.3 is 5.97 Å². The first-order valence-electron chi connectivity index (χ1n) is 11.5. The lowest BCUT2D eigenvalue weighted by molar-refractivity contribution is -0.116. The van der Waals surface area contributed by atoms with Crippen molar-refractivity contribution < 1.29 is 14.7 Å². The molecule has 0 radical (unpaired) electrons. The molecule has 4 nitrogen and oxygen atoms in total. The van der Waals surface area contributed by atoms with Gasteiger partial charge in [0.25, 0.3) is 0 Å². The summed E-state index contributed by atoms with van der Waals surface area (Å²) >= 11 is 0. The molecule has 1 aromatic rings. The molecular formula is C29H37NO3. The standard InChI is InChI=1S/C29H37NO3/c1-20(10-15-26-23(4)22(3)16-17-29(26,5)6)8-7-9-21(2)18-27(31)30-19-24-11-13-25(14-12-24)28(32)33/h7-15,18,22H,16-17,19H2,1-6H3,(H,30,31)(H,32,33)/b9-7+,15-10+,20-8+,21-18-. The summed E-state index contributed by atoms with van der Waals surface area (Å²) in [4.78, 5) is 23.0. The van der Waals surface area contributed by atoms with Crippen molar-refractivity contribution in [2.45, 2.75) is 60.9 Å². The lowest BCUT2D eigenvalue weighted by atomic mass is 9.69. The third-order valence-electron chi connectivity index (χ3n) is 6.35. The van der Waals surface area contributed by atoms with Crippen LogP contribution in [-0.2, 0) is 11.3 Å². The lowest BCUT2D eigenvalue weighted by Crippen LogP contribution is -2.23. The van der Waals surface area contributed by atoms with Gasteiger partial charge in [0.15, 0.2) is 0 Å². The van der Waals surface area contributed by atoms with Gasteiger partial charge in [-0.3, -0.25) is 4.79 Å². The van der Waals surface area contributed by atoms with E-state index in [0.717, 1.165) is 16.7 Å². The van der Waals surface area contributed by atoms with Crippen LogP contribution in [0.3, 0.4) is 0 Å². The van der Waals surface area contributed by atoms with Crippen LogP contribution in [0, 0.1) is 11.3 Å². The molecule has 1 amide bonds. The number of nitrogens with one attached hydrogen (secondary N) is 1. The first kappa shape index (κ1) is 26.1. The van der Waals surface area contributed by atoms with Gasteiger partial charge < -0.3 is 10.4 Å². The third kappa shape index (κ3) is 8.05. The minimum absolute atomic E-state index is 0.184. The lowest BCUT2D eigenvalue weighted by Gasteiger charge is -2.36. The Bertz CT molecular complexity index is 1020. The number of hydrogen-bond donors (Lipinski definition) is 2. The van der Waals surface area contributed by atoms with E-state index in [1.54, 1.807) is 18.2 Å². The fraction of sp³-hybridized carbons (Fsp3) is 0.379. The van der Waals surface area contributed by atoms with E-state index in [9.17, 15) is 9.59 Å². The summed E-state index contributed by atoms with van der Waals surface area (Å²) in [5.41, 5.74) is 6.24. The number of allylic oxidation sites excluding steroid dienone is 9. The van der Waals surface area contributed by atoms with Crippen LogP contribution < -0.4 is 5.32 Å². The van der Waals surface area contributed by atoms with E-state index in [1.165, 1.54) is 36.1 Å². The van der Waals surface area contributed by atoms with Crippen molar-refractivity contribution in [3.8, 4) is 0 Å². The molecule has 1 unspecified atom stereocenters. The van der Waals surface area contributed by atoms with Crippen molar-refractivity contribution in [3.63, 3.8) is 0 Å². The zero-order chi connectivity index (χ0) is 24.6. The van der Waals surface area contributed by atoms with Gasteiger partial charge in [-0.2, -0.15) is 0 Å². The molecular weight excluding hydrogens is 410 g/mol. The van der Waals surface area contributed by atoms with Crippen LogP contribution in [0.1, 0.15) is 70.3 Å². The molecule has 0 saturated carbocycles. The van der Waals surface area contributed by atoms with E-state index in [-0.39, 0.29) is 16.9 Å². The highest BCUT2D eigenvalue weighted by atomic mass is 16.4. The van der Waals surface area contributed by atoms with Gasteiger partial charge in [0, 0.05) is 12.6 Å². The Balaban J connectivity index is 1.92. The molecule has 1 aliphatic rings. The quantitative estimate of drug-likeness (QED) is 0.341. The molecule has 0 fully saturated rings. The maximum atomic E-state index is 12.1. The highest BCUT2D eigenvalue weighted by Crippen LogP contribution is 2.43. The summed E-state index contributed by atoms with van der Waals surface area (Å²) in [5, 5.41) is 11.8. The van der Waals surface area contributed by atoms with Gasteiger partial charge in [-0.05, 0) is 73.8 Å². The highest BCUT2D eigenvalue weighted by Gasteiger charge is 2.29. The summed E-state index contributed by atoms with van der Waals surface area (Å²) in [7, 11) is 0. The molecule has 1 aromatic carbocycles. The monoisotopic (exact) mass is 447 g/mol. The summed E-state index contributed by atoms with van der Waals surface area (Å²) < 4.78 is 0. The van der Waals surface area contributed by atoms with Crippen molar-refractivity contribution in [2.24, 2.45) is 11.3 Å². The van der Waals surface area contributed by atoms with Gasteiger partial charge in [0.1, 0.15) is 0 Å². The summed E-state index contributed by atoms with van der Waals surface area (Å²) in [6, 6.07) is 6.47. The maximum Gasteiger partial charge on any atom is 0.335 e. The molecule has 0 aliphatic heterocycles. The van der Waals surface area contributed by atoms with E-state index in [2.05, 4.69) is 52.1 Å². The number of carboxylic acids is 1. The van der Waals surface area contributed by atoms with Crippen LogP contribution >= 0.6 is 0 Å². The van der Waals surface area contributed by atoms with E-state index in [4.69, 9.17) is 5.11 Å². The number of carboxylic acid groups (broad SMARTS) is 1. The Kier molecular flexibility index (Phi) is 9.22. The molecule has 0 heterocycles. The number of rotatable bonds is 8. The Hall–Kier alpha value is -3.14. The summed E-state index contributed by atoms with van der Waals surface area (Å²) in [6.45, 7) is 13.5. The average molecular weight is 448 g/mol. The van der Waals surface area contributed by atoms with Gasteiger partial charge in [-0.25, -0.2) is 4.79 Å². The van der Waals surface area contributed by atoms with Crippen molar-refractivity contribution >= 4 is 11.9 Å². The van der Waals surface area contributed by atoms with E-state index >= 15 is 0 Å². The highest BCUT2D eigenvalue weighted by molar-refractivity contribution is 5.89. The largest absolute Gasteiger partial charge is 0.478 e. The second-order valence-corrected chi connectivity index (χ2v) is 9.63. The molecule has 0 bridgehead atoms. The summed E-state index contributed by atoms with van der Waals surface area (Å²) in [5.74, 6) is -0.503. The Morgan fingerprint density at radius 1 is 1.12 bits per heavy atom. The minimum Gasteiger partial charge on any atom is -0.478 e. The smallest absolute Gasteiger partial charge is 0.335 e. The number of carbonyl (C=O) groups is 2. The molecule has 1 aliphatic carbocycles. The maximum absolute atomic E-state index is 12.1. The Morgan fingerprint density at radius 2 is 1.79 bits per heavy atom. The molecule has 176 valence electrons. The second-order valence-electron chi connectivity index (χ2n) is 9.63. The number of benzene rings is 1. The van der Waals surface area contributed by atoms with Crippen LogP contribution in [0.15, 0.2) is 83.0 Å². The fourth-order valence-corrected chi connectivity index (χ4v) is 3.97. The number of hydrogen-bond acceptors (Lipinski definition) is 2. The van der Waals surface area contributed by atoms with Crippen molar-refractivity contribution in [3.05, 3.63) is 94.1 Å². The Morgan fingerprint density at radius 3 is 2.42 bits per heavy atom. The molecule has 4 heteroatoms. The number of carbonyl (C=O) groups excluding carboxylic acids is 1. The van der Waals surface area contributed by atoms with Crippen LogP contribution in [0.5, 0.6) is 0 Å². The van der Waals surface area contributed by atoms with E-state index in [0.29, 0.717) is 12.5 Å². The van der Waals surface area contributed by atoms with Crippen LogP contribution in [0.4, 0.5) is 0 Å². The summed E-state index contributed by atoms with van der Waals surface area (Å²) in [6.07, 6.45) is 14.4. The molecule has 1 atom stereocenters. The van der Waals surface area contributed by atoms with Crippen molar-refractivity contribution in [2.75, 3.05) is 0 Å². The Labute approximate surface area is 198 Å². The minimum atomic E-state index is -0.963. The molecule has 0 spiro atoms. The first-order valence-corrected chi connectivity index (χ1v) is 11.5. The second kappa shape index (κ2) is 11.6. The van der Waals surface area contributed by atoms with Gasteiger partial charge in [-0.1, -0.05) is 74.4 Å². The van der Waals surface area contributed by atoms with Gasteiger partial charge in [0.05, 0.1) is 5.56 Å². The molecule has 0 saturated heterocycles. The number of aromatic carboxylic acids is 1. The van der Waals surface area contributed by atoms with Gasteiger partial charge in [-0.15, -0.1) is 0 Å². The zero-order valence-electron chi connectivity index (χ0n) is 20.7. The van der Waals surface area contributed by atoms with Crippen molar-refractivity contribution in [1.29, 1.82) is 0 Å². The fourth-order valence-electron chi connectivity index (χ4n) is 3.97. The SMILES string of the molecule is CC1=C(/C=C/C(C)=C/C=C/C(C)=C\C(=O)NCc2ccc(C(=O)O)cc2)C(C)(C)CCC1C. The first-order chi connectivity index (χ1) is 15.5. The van der Waals surface area contributed by atoms with Crippen molar-refractivity contribution in [1.82, 2.24) is 5.32 Å². The van der Waals surface area contributed by atoms with E-state index < -0.39 is 5.97 Å². The van der Waals surface area contributed by atoms with Crippen LogP contribution in [-0.4, -0.2) is 17.0 Å².